The molecule has 0 saturated heterocycles. The molecular formula is C18H17N3O4. The van der Waals surface area contributed by atoms with Gasteiger partial charge in [-0.15, -0.1) is 0 Å². The van der Waals surface area contributed by atoms with Gasteiger partial charge in [-0.2, -0.15) is 5.26 Å². The van der Waals surface area contributed by atoms with E-state index in [2.05, 4.69) is 10.6 Å². The van der Waals surface area contributed by atoms with E-state index < -0.39 is 5.91 Å². The Hall–Kier alpha value is -3.53. The third kappa shape index (κ3) is 5.55. The molecule has 2 rings (SSSR count). The van der Waals surface area contributed by atoms with Gasteiger partial charge in [0.25, 0.3) is 5.91 Å². The van der Waals surface area contributed by atoms with Crippen LogP contribution in [0, 0.1) is 11.3 Å². The van der Waals surface area contributed by atoms with Gasteiger partial charge in [-0.05, 0) is 30.3 Å². The molecule has 25 heavy (non-hydrogen) atoms. The second kappa shape index (κ2) is 8.93. The molecule has 2 aromatic carbocycles. The van der Waals surface area contributed by atoms with Crippen molar-refractivity contribution in [2.45, 2.75) is 6.42 Å². The number of ether oxygens (including phenoxy) is 2. The summed E-state index contributed by atoms with van der Waals surface area (Å²) in [7, 11) is 1.52. The number of benzene rings is 2. The Bertz CT molecular complexity index is 799. The molecule has 0 aliphatic carbocycles. The molecular weight excluding hydrogens is 322 g/mol. The average Bonchev–Trinajstić information content (AvgIpc) is 2.60. The van der Waals surface area contributed by atoms with Gasteiger partial charge >= 0.3 is 0 Å². The molecule has 0 fully saturated rings. The molecule has 7 nitrogen and oxygen atoms in total. The fourth-order valence-corrected chi connectivity index (χ4v) is 2.03. The van der Waals surface area contributed by atoms with Crippen molar-refractivity contribution in [1.82, 2.24) is 0 Å². The van der Waals surface area contributed by atoms with Crippen LogP contribution in [0.2, 0.25) is 0 Å². The van der Waals surface area contributed by atoms with Gasteiger partial charge in [-0.3, -0.25) is 9.59 Å². The molecule has 0 saturated carbocycles. The molecule has 7 heteroatoms. The molecule has 128 valence electrons. The fraction of sp³-hybridized carbons (Fsp3) is 0.167. The number of carbonyl (C=O) groups is 2. The Morgan fingerprint density at radius 1 is 1.00 bits per heavy atom. The lowest BCUT2D eigenvalue weighted by molar-refractivity contribution is -0.118. The van der Waals surface area contributed by atoms with Crippen molar-refractivity contribution in [1.29, 1.82) is 5.26 Å². The molecule has 0 bridgehead atoms. The maximum Gasteiger partial charge on any atom is 0.262 e. The maximum absolute atomic E-state index is 12.0. The van der Waals surface area contributed by atoms with Gasteiger partial charge in [0.1, 0.15) is 6.42 Å². The van der Waals surface area contributed by atoms with Crippen LogP contribution in [0.25, 0.3) is 0 Å². The highest BCUT2D eigenvalue weighted by molar-refractivity contribution is 5.95. The highest BCUT2D eigenvalue weighted by atomic mass is 16.5. The molecule has 2 amide bonds. The van der Waals surface area contributed by atoms with Gasteiger partial charge in [-0.1, -0.05) is 18.2 Å². The molecule has 0 heterocycles. The summed E-state index contributed by atoms with van der Waals surface area (Å²) in [6, 6.07) is 15.4. The predicted octanol–water partition coefficient (Wildman–Crippen LogP) is 2.56. The van der Waals surface area contributed by atoms with Crippen molar-refractivity contribution in [3.05, 3.63) is 48.5 Å². The van der Waals surface area contributed by atoms with Crippen molar-refractivity contribution in [2.75, 3.05) is 24.4 Å². The number of carbonyl (C=O) groups excluding carboxylic acids is 2. The third-order valence-corrected chi connectivity index (χ3v) is 3.10. The van der Waals surface area contributed by atoms with E-state index in [0.717, 1.165) is 0 Å². The van der Waals surface area contributed by atoms with Crippen LogP contribution in [-0.4, -0.2) is 25.5 Å². The summed E-state index contributed by atoms with van der Waals surface area (Å²) >= 11 is 0. The summed E-state index contributed by atoms with van der Waals surface area (Å²) in [6.45, 7) is -0.189. The third-order valence-electron chi connectivity index (χ3n) is 3.10. The first-order valence-electron chi connectivity index (χ1n) is 7.45. The lowest BCUT2D eigenvalue weighted by Crippen LogP contribution is -2.20. The smallest absolute Gasteiger partial charge is 0.262 e. The monoisotopic (exact) mass is 339 g/mol. The molecule has 0 aliphatic heterocycles. The van der Waals surface area contributed by atoms with Crippen LogP contribution in [0.4, 0.5) is 11.4 Å². The summed E-state index contributed by atoms with van der Waals surface area (Å²) in [5.74, 6) is 0.243. The summed E-state index contributed by atoms with van der Waals surface area (Å²) in [6.07, 6.45) is -0.233. The predicted molar refractivity (Wildman–Crippen MR) is 92.4 cm³/mol. The number of hydrogen-bond acceptors (Lipinski definition) is 5. The van der Waals surface area contributed by atoms with E-state index in [1.165, 1.54) is 7.11 Å². The van der Waals surface area contributed by atoms with E-state index in [4.69, 9.17) is 14.7 Å². The van der Waals surface area contributed by atoms with Crippen molar-refractivity contribution in [2.24, 2.45) is 0 Å². The summed E-state index contributed by atoms with van der Waals surface area (Å²) in [4.78, 5) is 23.4. The molecule has 0 atom stereocenters. The molecule has 0 unspecified atom stereocenters. The molecule has 0 aliphatic rings. The summed E-state index contributed by atoms with van der Waals surface area (Å²) in [5.41, 5.74) is 0.993. The molecule has 0 spiro atoms. The lowest BCUT2D eigenvalue weighted by Gasteiger charge is -2.11. The Kier molecular flexibility index (Phi) is 6.37. The zero-order valence-electron chi connectivity index (χ0n) is 13.6. The van der Waals surface area contributed by atoms with Gasteiger partial charge in [0.2, 0.25) is 5.91 Å². The molecule has 2 aromatic rings. The number of para-hydroxylation sites is 2. The first-order valence-corrected chi connectivity index (χ1v) is 7.45. The average molecular weight is 339 g/mol. The Morgan fingerprint density at radius 3 is 2.28 bits per heavy atom. The molecule has 2 N–H and O–H groups in total. The van der Waals surface area contributed by atoms with E-state index in [9.17, 15) is 9.59 Å². The van der Waals surface area contributed by atoms with Crippen molar-refractivity contribution >= 4 is 23.2 Å². The van der Waals surface area contributed by atoms with Crippen molar-refractivity contribution < 1.29 is 19.1 Å². The highest BCUT2D eigenvalue weighted by Gasteiger charge is 2.08. The number of rotatable bonds is 7. The number of anilines is 2. The van der Waals surface area contributed by atoms with Gasteiger partial charge < -0.3 is 20.1 Å². The summed E-state index contributed by atoms with van der Waals surface area (Å²) in [5, 5.41) is 13.7. The quantitative estimate of drug-likeness (QED) is 0.807. The van der Waals surface area contributed by atoms with Gasteiger partial charge in [0.05, 0.1) is 13.2 Å². The minimum absolute atomic E-state index is 0.189. The van der Waals surface area contributed by atoms with Crippen LogP contribution in [-0.2, 0) is 9.59 Å². The Labute approximate surface area is 145 Å². The summed E-state index contributed by atoms with van der Waals surface area (Å²) < 4.78 is 10.6. The minimum Gasteiger partial charge on any atom is -0.493 e. The van der Waals surface area contributed by atoms with E-state index in [1.54, 1.807) is 54.6 Å². The second-order valence-corrected chi connectivity index (χ2v) is 4.95. The van der Waals surface area contributed by atoms with Crippen LogP contribution >= 0.6 is 0 Å². The zero-order chi connectivity index (χ0) is 18.1. The highest BCUT2D eigenvalue weighted by Crippen LogP contribution is 2.25. The van der Waals surface area contributed by atoms with Gasteiger partial charge in [0, 0.05) is 11.4 Å². The Balaban J connectivity index is 1.92. The fourth-order valence-electron chi connectivity index (χ4n) is 2.03. The largest absolute Gasteiger partial charge is 0.493 e. The van der Waals surface area contributed by atoms with Crippen LogP contribution in [0.15, 0.2) is 48.5 Å². The van der Waals surface area contributed by atoms with Crippen LogP contribution in [0.5, 0.6) is 11.5 Å². The van der Waals surface area contributed by atoms with Gasteiger partial charge in [-0.25, -0.2) is 0 Å². The SMILES string of the molecule is COc1ccccc1OCC(=O)Nc1cccc(NC(=O)CC#N)c1. The number of hydrogen-bond donors (Lipinski definition) is 2. The first-order chi connectivity index (χ1) is 12.1. The van der Waals surface area contributed by atoms with Crippen molar-refractivity contribution in [3.63, 3.8) is 0 Å². The normalized spacial score (nSPS) is 9.60. The number of nitrogens with one attached hydrogen (secondary N) is 2. The van der Waals surface area contributed by atoms with Crippen LogP contribution < -0.4 is 20.1 Å². The van der Waals surface area contributed by atoms with E-state index in [0.29, 0.717) is 22.9 Å². The number of nitriles is 1. The number of nitrogens with zero attached hydrogens (tertiary/aromatic N) is 1. The van der Waals surface area contributed by atoms with Gasteiger partial charge in [0.15, 0.2) is 18.1 Å². The zero-order valence-corrected chi connectivity index (χ0v) is 13.6. The standard InChI is InChI=1S/C18H17N3O4/c1-24-15-7-2-3-8-16(15)25-12-18(23)21-14-6-4-5-13(11-14)20-17(22)9-10-19/h2-8,11H,9,12H2,1H3,(H,20,22)(H,21,23). The minimum atomic E-state index is -0.412. The number of amides is 2. The number of methoxy groups -OCH3 is 1. The Morgan fingerprint density at radius 2 is 1.64 bits per heavy atom. The molecule has 0 radical (unpaired) electrons. The van der Waals surface area contributed by atoms with Crippen LogP contribution in [0.3, 0.4) is 0 Å². The second-order valence-electron chi connectivity index (χ2n) is 4.95. The maximum atomic E-state index is 12.0. The lowest BCUT2D eigenvalue weighted by atomic mass is 10.2. The molecule has 0 aromatic heterocycles. The van der Waals surface area contributed by atoms with E-state index in [-0.39, 0.29) is 18.9 Å². The van der Waals surface area contributed by atoms with E-state index in [1.807, 2.05) is 0 Å². The van der Waals surface area contributed by atoms with Crippen molar-refractivity contribution in [3.8, 4) is 17.6 Å². The van der Waals surface area contributed by atoms with E-state index >= 15 is 0 Å². The first kappa shape index (κ1) is 17.8. The topological polar surface area (TPSA) is 100 Å². The van der Waals surface area contributed by atoms with Crippen LogP contribution in [0.1, 0.15) is 6.42 Å².